The lowest BCUT2D eigenvalue weighted by Gasteiger charge is -2.04. The Kier molecular flexibility index (Phi) is 3.20. The smallest absolute Gasteiger partial charge is 0.181 e. The summed E-state index contributed by atoms with van der Waals surface area (Å²) in [6, 6.07) is 7.76. The first-order chi connectivity index (χ1) is 9.36. The number of aromatic nitrogens is 3. The fourth-order valence-electron chi connectivity index (χ4n) is 1.90. The maximum atomic E-state index is 5.31. The summed E-state index contributed by atoms with van der Waals surface area (Å²) in [5.74, 6) is 0.789. The molecule has 0 saturated heterocycles. The van der Waals surface area contributed by atoms with Gasteiger partial charge in [-0.2, -0.15) is 0 Å². The van der Waals surface area contributed by atoms with Gasteiger partial charge in [-0.3, -0.25) is 0 Å². The van der Waals surface area contributed by atoms with Crippen LogP contribution in [0.2, 0.25) is 0 Å². The molecule has 0 radical (unpaired) electrons. The molecule has 0 aliphatic rings. The van der Waals surface area contributed by atoms with E-state index in [1.165, 1.54) is 6.39 Å². The summed E-state index contributed by atoms with van der Waals surface area (Å²) in [6.45, 7) is 3.63. The van der Waals surface area contributed by atoms with Gasteiger partial charge >= 0.3 is 0 Å². The highest BCUT2D eigenvalue weighted by Crippen LogP contribution is 2.22. The third-order valence-electron chi connectivity index (χ3n) is 2.87. The Bertz CT molecular complexity index is 692. The van der Waals surface area contributed by atoms with E-state index in [9.17, 15) is 0 Å². The average molecular weight is 254 g/mol. The first-order valence-electron chi connectivity index (χ1n) is 6.23. The molecule has 3 aromatic rings. The lowest BCUT2D eigenvalue weighted by Crippen LogP contribution is -2.14. The first-order valence-corrected chi connectivity index (χ1v) is 6.23. The van der Waals surface area contributed by atoms with Crippen molar-refractivity contribution in [3.63, 3.8) is 0 Å². The molecule has 0 aliphatic carbocycles. The highest BCUT2D eigenvalue weighted by Gasteiger charge is 2.05. The Hall–Kier alpha value is -2.27. The van der Waals surface area contributed by atoms with Gasteiger partial charge in [0, 0.05) is 11.8 Å². The van der Waals surface area contributed by atoms with Gasteiger partial charge in [0.2, 0.25) is 0 Å². The molecule has 0 saturated carbocycles. The number of rotatable bonds is 4. The van der Waals surface area contributed by atoms with E-state index in [0.717, 1.165) is 34.7 Å². The van der Waals surface area contributed by atoms with E-state index in [1.807, 2.05) is 24.3 Å². The number of nitrogens with zero attached hydrogens (tertiary/aromatic N) is 3. The van der Waals surface area contributed by atoms with E-state index >= 15 is 0 Å². The van der Waals surface area contributed by atoms with Gasteiger partial charge in [0.25, 0.3) is 0 Å². The Morgan fingerprint density at radius 2 is 2.16 bits per heavy atom. The van der Waals surface area contributed by atoms with Crippen molar-refractivity contribution < 1.29 is 4.42 Å². The Morgan fingerprint density at radius 1 is 1.21 bits per heavy atom. The molecular formula is C14H14N4O. The van der Waals surface area contributed by atoms with Gasteiger partial charge in [0.15, 0.2) is 12.0 Å². The molecule has 0 fully saturated rings. The predicted molar refractivity (Wildman–Crippen MR) is 72.4 cm³/mol. The second kappa shape index (κ2) is 5.16. The van der Waals surface area contributed by atoms with Gasteiger partial charge in [-0.1, -0.05) is 13.0 Å². The van der Waals surface area contributed by atoms with E-state index in [0.29, 0.717) is 6.54 Å². The third-order valence-corrected chi connectivity index (χ3v) is 2.87. The maximum absolute atomic E-state index is 5.31. The van der Waals surface area contributed by atoms with Crippen LogP contribution in [0.3, 0.4) is 0 Å². The third kappa shape index (κ3) is 2.46. The zero-order valence-corrected chi connectivity index (χ0v) is 10.6. The van der Waals surface area contributed by atoms with Crippen LogP contribution in [0.4, 0.5) is 0 Å². The van der Waals surface area contributed by atoms with Crippen LogP contribution in [-0.2, 0) is 6.54 Å². The molecule has 1 N–H and O–H groups in total. The summed E-state index contributed by atoms with van der Waals surface area (Å²) in [7, 11) is 0. The van der Waals surface area contributed by atoms with Crippen LogP contribution in [0.25, 0.3) is 22.4 Å². The minimum Gasteiger partial charge on any atom is -0.443 e. The van der Waals surface area contributed by atoms with Crippen molar-refractivity contribution in [2.75, 3.05) is 6.54 Å². The standard InChI is InChI=1S/C14H14N4O/c1-2-15-8-14-16-6-5-11(18-14)10-3-4-12-13(7-10)19-9-17-12/h3-7,9,15H,2,8H2,1H3. The molecular weight excluding hydrogens is 240 g/mol. The molecule has 2 heterocycles. The van der Waals surface area contributed by atoms with Crippen LogP contribution in [0.5, 0.6) is 0 Å². The van der Waals surface area contributed by atoms with E-state index in [-0.39, 0.29) is 0 Å². The van der Waals surface area contributed by atoms with Gasteiger partial charge < -0.3 is 9.73 Å². The van der Waals surface area contributed by atoms with E-state index in [2.05, 4.69) is 27.2 Å². The van der Waals surface area contributed by atoms with Gasteiger partial charge in [-0.05, 0) is 24.7 Å². The molecule has 0 atom stereocenters. The van der Waals surface area contributed by atoms with Crippen LogP contribution >= 0.6 is 0 Å². The van der Waals surface area contributed by atoms with E-state index in [1.54, 1.807) is 6.20 Å². The summed E-state index contributed by atoms with van der Waals surface area (Å²) < 4.78 is 5.31. The highest BCUT2D eigenvalue weighted by atomic mass is 16.3. The molecule has 5 heteroatoms. The SMILES string of the molecule is CCNCc1nccc(-c2ccc3ncoc3c2)n1. The molecule has 0 spiro atoms. The molecule has 19 heavy (non-hydrogen) atoms. The van der Waals surface area contributed by atoms with Gasteiger partial charge in [0.1, 0.15) is 11.3 Å². The minimum absolute atomic E-state index is 0.675. The van der Waals surface area contributed by atoms with Crippen LogP contribution in [0, 0.1) is 0 Å². The molecule has 0 bridgehead atoms. The van der Waals surface area contributed by atoms with Gasteiger partial charge in [-0.15, -0.1) is 0 Å². The fraction of sp³-hybridized carbons (Fsp3) is 0.214. The Balaban J connectivity index is 1.95. The molecule has 3 rings (SSSR count). The van der Waals surface area contributed by atoms with Crippen molar-refractivity contribution in [3.8, 4) is 11.3 Å². The summed E-state index contributed by atoms with van der Waals surface area (Å²) in [5.41, 5.74) is 3.51. The summed E-state index contributed by atoms with van der Waals surface area (Å²) in [6.07, 6.45) is 3.23. The number of oxazole rings is 1. The van der Waals surface area contributed by atoms with E-state index < -0.39 is 0 Å². The number of benzene rings is 1. The average Bonchev–Trinajstić information content (AvgIpc) is 2.92. The van der Waals surface area contributed by atoms with Gasteiger partial charge in [0.05, 0.1) is 12.2 Å². The van der Waals surface area contributed by atoms with Crippen molar-refractivity contribution >= 4 is 11.1 Å². The second-order valence-corrected chi connectivity index (χ2v) is 4.17. The summed E-state index contributed by atoms with van der Waals surface area (Å²) in [5, 5.41) is 3.22. The fourth-order valence-corrected chi connectivity index (χ4v) is 1.90. The second-order valence-electron chi connectivity index (χ2n) is 4.17. The molecule has 2 aromatic heterocycles. The van der Waals surface area contributed by atoms with Crippen LogP contribution in [-0.4, -0.2) is 21.5 Å². The molecule has 1 aromatic carbocycles. The predicted octanol–water partition coefficient (Wildman–Crippen LogP) is 2.39. The minimum atomic E-state index is 0.675. The van der Waals surface area contributed by atoms with Crippen molar-refractivity contribution in [2.24, 2.45) is 0 Å². The van der Waals surface area contributed by atoms with Crippen LogP contribution in [0.15, 0.2) is 41.3 Å². The Morgan fingerprint density at radius 3 is 3.05 bits per heavy atom. The first kappa shape index (κ1) is 11.8. The number of hydrogen-bond donors (Lipinski definition) is 1. The van der Waals surface area contributed by atoms with Crippen molar-refractivity contribution in [1.82, 2.24) is 20.3 Å². The van der Waals surface area contributed by atoms with Crippen molar-refractivity contribution in [1.29, 1.82) is 0 Å². The highest BCUT2D eigenvalue weighted by molar-refractivity contribution is 5.78. The van der Waals surface area contributed by atoms with E-state index in [4.69, 9.17) is 4.42 Å². The van der Waals surface area contributed by atoms with Crippen LogP contribution in [0.1, 0.15) is 12.7 Å². The quantitative estimate of drug-likeness (QED) is 0.774. The van der Waals surface area contributed by atoms with Crippen molar-refractivity contribution in [2.45, 2.75) is 13.5 Å². The van der Waals surface area contributed by atoms with Gasteiger partial charge in [-0.25, -0.2) is 15.0 Å². The zero-order valence-electron chi connectivity index (χ0n) is 10.6. The largest absolute Gasteiger partial charge is 0.443 e. The number of nitrogens with one attached hydrogen (secondary N) is 1. The molecule has 0 unspecified atom stereocenters. The Labute approximate surface area is 110 Å². The lowest BCUT2D eigenvalue weighted by molar-refractivity contribution is 0.602. The van der Waals surface area contributed by atoms with Crippen molar-refractivity contribution in [3.05, 3.63) is 42.7 Å². The number of hydrogen-bond acceptors (Lipinski definition) is 5. The molecule has 5 nitrogen and oxygen atoms in total. The van der Waals surface area contributed by atoms with Crippen LogP contribution < -0.4 is 5.32 Å². The zero-order chi connectivity index (χ0) is 13.1. The monoisotopic (exact) mass is 254 g/mol. The topological polar surface area (TPSA) is 63.8 Å². The maximum Gasteiger partial charge on any atom is 0.181 e. The lowest BCUT2D eigenvalue weighted by atomic mass is 10.1. The molecule has 96 valence electrons. The molecule has 0 amide bonds. The summed E-state index contributed by atoms with van der Waals surface area (Å²) >= 11 is 0. The summed E-state index contributed by atoms with van der Waals surface area (Å²) in [4.78, 5) is 12.9. The number of fused-ring (bicyclic) bond motifs is 1. The molecule has 0 aliphatic heterocycles. The normalized spacial score (nSPS) is 11.0.